The highest BCUT2D eigenvalue weighted by atomic mass is 16.5. The van der Waals surface area contributed by atoms with E-state index in [1.807, 2.05) is 0 Å². The Balaban J connectivity index is 1.28. The first-order valence-corrected chi connectivity index (χ1v) is 13.1. The van der Waals surface area contributed by atoms with Crippen molar-refractivity contribution in [3.8, 4) is 5.75 Å². The quantitative estimate of drug-likeness (QED) is 0.298. The molecule has 0 aromatic heterocycles. The van der Waals surface area contributed by atoms with Crippen molar-refractivity contribution in [1.29, 1.82) is 0 Å². The number of rotatable bonds is 9. The van der Waals surface area contributed by atoms with E-state index in [9.17, 15) is 4.79 Å². The first-order chi connectivity index (χ1) is 15.7. The van der Waals surface area contributed by atoms with Crippen LogP contribution >= 0.6 is 0 Å². The first kappa shape index (κ1) is 23.1. The highest BCUT2D eigenvalue weighted by Gasteiger charge is 2.28. The van der Waals surface area contributed by atoms with Gasteiger partial charge in [-0.25, -0.2) is 0 Å². The largest absolute Gasteiger partial charge is 0.426 e. The minimum absolute atomic E-state index is 0.0300. The number of carbonyl (C=O) groups excluding carboxylic acids is 1. The summed E-state index contributed by atoms with van der Waals surface area (Å²) in [5, 5.41) is 0. The molecule has 172 valence electrons. The van der Waals surface area contributed by atoms with E-state index in [1.165, 1.54) is 67.2 Å². The molecule has 0 bridgehead atoms. The van der Waals surface area contributed by atoms with Crippen LogP contribution in [0.25, 0.3) is 0 Å². The number of hydrogen-bond acceptors (Lipinski definition) is 2. The molecule has 2 nitrogen and oxygen atoms in total. The van der Waals surface area contributed by atoms with Crippen molar-refractivity contribution in [1.82, 2.24) is 0 Å². The van der Waals surface area contributed by atoms with E-state index in [-0.39, 0.29) is 11.9 Å². The van der Waals surface area contributed by atoms with Crippen LogP contribution in [0.4, 0.5) is 0 Å². The monoisotopic (exact) mass is 432 g/mol. The normalized spacial score (nSPS) is 22.9. The summed E-state index contributed by atoms with van der Waals surface area (Å²) in [6.07, 6.45) is 14.4. The molecule has 1 atom stereocenters. The van der Waals surface area contributed by atoms with Crippen molar-refractivity contribution < 1.29 is 9.53 Å². The van der Waals surface area contributed by atoms with Gasteiger partial charge in [0.2, 0.25) is 0 Å². The molecule has 32 heavy (non-hydrogen) atoms. The molecule has 0 saturated heterocycles. The number of aryl methyl sites for hydroxylation is 2. The van der Waals surface area contributed by atoms with Gasteiger partial charge < -0.3 is 4.74 Å². The Kier molecular flexibility index (Phi) is 8.05. The molecule has 1 aliphatic heterocycles. The van der Waals surface area contributed by atoms with Crippen LogP contribution in [0, 0.1) is 11.8 Å². The van der Waals surface area contributed by atoms with Crippen LogP contribution in [-0.2, 0) is 24.1 Å². The minimum atomic E-state index is -0.0531. The first-order valence-electron chi connectivity index (χ1n) is 13.1. The summed E-state index contributed by atoms with van der Waals surface area (Å²) in [6.45, 7) is 4.47. The Labute approximate surface area is 194 Å². The molecule has 2 aromatic carbocycles. The van der Waals surface area contributed by atoms with E-state index < -0.39 is 0 Å². The summed E-state index contributed by atoms with van der Waals surface area (Å²) in [5.74, 6) is 2.40. The van der Waals surface area contributed by atoms with Crippen LogP contribution in [-0.4, -0.2) is 5.97 Å². The predicted octanol–water partition coefficient (Wildman–Crippen LogP) is 7.81. The maximum absolute atomic E-state index is 12.6. The minimum Gasteiger partial charge on any atom is -0.426 e. The molecule has 1 aliphatic carbocycles. The standard InChI is InChI=1S/C30H40O2/c1-3-5-7-22-8-14-25(15-9-22)26-16-10-23(11-17-26)12-19-28-21-27-18-13-24(6-4-2)20-29(27)32-30(28)31/h10-11,13,16-18,20,22,25,28H,3-9,12,14-15,19,21H2,1-2H3. The second kappa shape index (κ2) is 11.2. The number of unbranched alkanes of at least 4 members (excludes halogenated alkanes) is 1. The van der Waals surface area contributed by atoms with Gasteiger partial charge in [0, 0.05) is 0 Å². The molecule has 2 heteroatoms. The third-order valence-electron chi connectivity index (χ3n) is 7.73. The molecule has 0 spiro atoms. The average molecular weight is 433 g/mol. The fraction of sp³-hybridized carbons (Fsp3) is 0.567. The van der Waals surface area contributed by atoms with E-state index >= 15 is 0 Å². The molecule has 0 N–H and O–H groups in total. The van der Waals surface area contributed by atoms with Crippen molar-refractivity contribution >= 4 is 5.97 Å². The summed E-state index contributed by atoms with van der Waals surface area (Å²) in [7, 11) is 0. The second-order valence-corrected chi connectivity index (χ2v) is 10.2. The Hall–Kier alpha value is -2.09. The molecule has 0 radical (unpaired) electrons. The summed E-state index contributed by atoms with van der Waals surface area (Å²) in [5.41, 5.74) is 5.28. The van der Waals surface area contributed by atoms with E-state index in [0.717, 1.165) is 49.7 Å². The van der Waals surface area contributed by atoms with Gasteiger partial charge in [-0.15, -0.1) is 0 Å². The van der Waals surface area contributed by atoms with Crippen molar-refractivity contribution in [2.45, 2.75) is 96.8 Å². The summed E-state index contributed by atoms with van der Waals surface area (Å²) in [4.78, 5) is 12.6. The smallest absolute Gasteiger partial charge is 0.314 e. The Morgan fingerprint density at radius 2 is 1.59 bits per heavy atom. The molecule has 1 heterocycles. The lowest BCUT2D eigenvalue weighted by atomic mass is 9.77. The molecule has 1 unspecified atom stereocenters. The van der Waals surface area contributed by atoms with Gasteiger partial charge in [0.05, 0.1) is 5.92 Å². The fourth-order valence-corrected chi connectivity index (χ4v) is 5.64. The summed E-state index contributed by atoms with van der Waals surface area (Å²) in [6, 6.07) is 15.7. The highest BCUT2D eigenvalue weighted by molar-refractivity contribution is 5.78. The highest BCUT2D eigenvalue weighted by Crippen LogP contribution is 2.38. The van der Waals surface area contributed by atoms with Gasteiger partial charge in [-0.05, 0) is 91.5 Å². The van der Waals surface area contributed by atoms with Crippen molar-refractivity contribution in [2.24, 2.45) is 11.8 Å². The Morgan fingerprint density at radius 1 is 0.844 bits per heavy atom. The Morgan fingerprint density at radius 3 is 2.31 bits per heavy atom. The average Bonchev–Trinajstić information content (AvgIpc) is 2.82. The van der Waals surface area contributed by atoms with E-state index in [4.69, 9.17) is 4.74 Å². The molecular weight excluding hydrogens is 392 g/mol. The van der Waals surface area contributed by atoms with Gasteiger partial charge in [-0.2, -0.15) is 0 Å². The van der Waals surface area contributed by atoms with Gasteiger partial charge in [-0.3, -0.25) is 4.79 Å². The SMILES string of the molecule is CCCCC1CCC(c2ccc(CCC3Cc4ccc(CCC)cc4OC3=O)cc2)CC1. The number of esters is 1. The van der Waals surface area contributed by atoms with Crippen LogP contribution in [0.15, 0.2) is 42.5 Å². The number of carbonyl (C=O) groups is 1. The van der Waals surface area contributed by atoms with Crippen LogP contribution in [0.1, 0.15) is 99.8 Å². The molecule has 2 aliphatic rings. The number of benzene rings is 2. The molecule has 0 amide bonds. The third-order valence-corrected chi connectivity index (χ3v) is 7.73. The summed E-state index contributed by atoms with van der Waals surface area (Å²) < 4.78 is 5.71. The van der Waals surface area contributed by atoms with Gasteiger partial charge in [0.15, 0.2) is 0 Å². The zero-order chi connectivity index (χ0) is 22.3. The van der Waals surface area contributed by atoms with Gasteiger partial charge in [0.25, 0.3) is 0 Å². The lowest BCUT2D eigenvalue weighted by Crippen LogP contribution is -2.28. The van der Waals surface area contributed by atoms with Crippen LogP contribution < -0.4 is 4.74 Å². The molecule has 1 saturated carbocycles. The third kappa shape index (κ3) is 5.82. The van der Waals surface area contributed by atoms with Crippen LogP contribution in [0.5, 0.6) is 5.75 Å². The number of fused-ring (bicyclic) bond motifs is 1. The molecule has 4 rings (SSSR count). The second-order valence-electron chi connectivity index (χ2n) is 10.2. The molecular formula is C30H40O2. The van der Waals surface area contributed by atoms with Crippen molar-refractivity contribution in [3.05, 3.63) is 64.7 Å². The predicted molar refractivity (Wildman–Crippen MR) is 132 cm³/mol. The molecule has 2 aromatic rings. The maximum atomic E-state index is 12.6. The van der Waals surface area contributed by atoms with E-state index in [1.54, 1.807) is 0 Å². The van der Waals surface area contributed by atoms with Crippen LogP contribution in [0.3, 0.4) is 0 Å². The van der Waals surface area contributed by atoms with Gasteiger partial charge in [-0.1, -0.05) is 75.9 Å². The summed E-state index contributed by atoms with van der Waals surface area (Å²) >= 11 is 0. The van der Waals surface area contributed by atoms with Gasteiger partial charge >= 0.3 is 5.97 Å². The Bertz CT molecular complexity index is 874. The topological polar surface area (TPSA) is 26.3 Å². The number of hydrogen-bond donors (Lipinski definition) is 0. The number of ether oxygens (including phenoxy) is 1. The molecule has 1 fully saturated rings. The lowest BCUT2D eigenvalue weighted by Gasteiger charge is -2.29. The van der Waals surface area contributed by atoms with E-state index in [2.05, 4.69) is 56.3 Å². The maximum Gasteiger partial charge on any atom is 0.314 e. The zero-order valence-electron chi connectivity index (χ0n) is 20.1. The fourth-order valence-electron chi connectivity index (χ4n) is 5.64. The lowest BCUT2D eigenvalue weighted by molar-refractivity contribution is -0.140. The zero-order valence-corrected chi connectivity index (χ0v) is 20.1. The van der Waals surface area contributed by atoms with Gasteiger partial charge in [0.1, 0.15) is 5.75 Å². The van der Waals surface area contributed by atoms with Crippen molar-refractivity contribution in [3.63, 3.8) is 0 Å². The van der Waals surface area contributed by atoms with Crippen molar-refractivity contribution in [2.75, 3.05) is 0 Å². The van der Waals surface area contributed by atoms with Crippen LogP contribution in [0.2, 0.25) is 0 Å². The van der Waals surface area contributed by atoms with E-state index in [0.29, 0.717) is 0 Å².